The number of nitrogens with zero attached hydrogens (tertiary/aromatic N) is 4. The standard InChI is InChI=1S/C27H24FN5O5/c1-32-18(11-12-31-32)15-38-21-10-9-17(28)13-20(21)33-24(27(35)37-3)23(26(34)36-2)22(19(14-29)25(33)30)16-7-5-4-6-8-16/h4-13,22H,15,30H2,1-3H3. The van der Waals surface area contributed by atoms with Crippen LogP contribution < -0.4 is 15.4 Å². The van der Waals surface area contributed by atoms with Gasteiger partial charge in [0.25, 0.3) is 0 Å². The molecule has 0 fully saturated rings. The number of nitriles is 1. The summed E-state index contributed by atoms with van der Waals surface area (Å²) in [5.74, 6) is -3.65. The van der Waals surface area contributed by atoms with Crippen LogP contribution in [-0.2, 0) is 32.7 Å². The van der Waals surface area contributed by atoms with E-state index in [1.807, 2.05) is 0 Å². The normalized spacial score (nSPS) is 15.2. The zero-order valence-electron chi connectivity index (χ0n) is 20.8. The molecule has 0 saturated carbocycles. The lowest BCUT2D eigenvalue weighted by Gasteiger charge is -2.36. The highest BCUT2D eigenvalue weighted by Crippen LogP contribution is 2.45. The molecule has 3 aromatic rings. The van der Waals surface area contributed by atoms with Crippen LogP contribution in [0.15, 0.2) is 83.5 Å². The Bertz CT molecular complexity index is 1490. The van der Waals surface area contributed by atoms with E-state index in [0.29, 0.717) is 11.3 Å². The van der Waals surface area contributed by atoms with Crippen molar-refractivity contribution in [2.75, 3.05) is 19.1 Å². The van der Waals surface area contributed by atoms with Gasteiger partial charge in [-0.2, -0.15) is 10.4 Å². The Balaban J connectivity index is 1.98. The average molecular weight is 518 g/mol. The largest absolute Gasteiger partial charge is 0.485 e. The highest BCUT2D eigenvalue weighted by molar-refractivity contribution is 6.06. The molecule has 10 nitrogen and oxygen atoms in total. The van der Waals surface area contributed by atoms with Crippen LogP contribution in [0.3, 0.4) is 0 Å². The van der Waals surface area contributed by atoms with Crippen molar-refractivity contribution >= 4 is 17.6 Å². The van der Waals surface area contributed by atoms with Gasteiger partial charge in [-0.25, -0.2) is 14.0 Å². The van der Waals surface area contributed by atoms with E-state index < -0.39 is 23.7 Å². The maximum atomic E-state index is 14.6. The van der Waals surface area contributed by atoms with Gasteiger partial charge in [0.2, 0.25) is 0 Å². The van der Waals surface area contributed by atoms with E-state index >= 15 is 0 Å². The zero-order valence-corrected chi connectivity index (χ0v) is 20.8. The number of aryl methyl sites for hydroxylation is 1. The topological polar surface area (TPSA) is 133 Å². The summed E-state index contributed by atoms with van der Waals surface area (Å²) in [6.45, 7) is 0.0471. The lowest BCUT2D eigenvalue weighted by Crippen LogP contribution is -2.41. The van der Waals surface area contributed by atoms with Gasteiger partial charge in [0.15, 0.2) is 0 Å². The van der Waals surface area contributed by atoms with Gasteiger partial charge in [-0.15, -0.1) is 0 Å². The summed E-state index contributed by atoms with van der Waals surface area (Å²) in [5, 5.41) is 14.3. The van der Waals surface area contributed by atoms with Crippen LogP contribution in [0.4, 0.5) is 10.1 Å². The number of carbonyl (C=O) groups is 2. The van der Waals surface area contributed by atoms with Crippen LogP contribution in [0.1, 0.15) is 17.2 Å². The van der Waals surface area contributed by atoms with Crippen molar-refractivity contribution in [3.63, 3.8) is 0 Å². The molecular formula is C27H24FN5O5. The quantitative estimate of drug-likeness (QED) is 0.470. The fourth-order valence-electron chi connectivity index (χ4n) is 4.25. The minimum atomic E-state index is -1.05. The minimum Gasteiger partial charge on any atom is -0.485 e. The van der Waals surface area contributed by atoms with Crippen LogP contribution in [0.5, 0.6) is 5.75 Å². The summed E-state index contributed by atoms with van der Waals surface area (Å²) >= 11 is 0. The van der Waals surface area contributed by atoms with Crippen LogP contribution in [-0.4, -0.2) is 35.9 Å². The number of esters is 2. The van der Waals surface area contributed by atoms with Gasteiger partial charge < -0.3 is 19.9 Å². The number of hydrogen-bond acceptors (Lipinski definition) is 9. The number of anilines is 1. The summed E-state index contributed by atoms with van der Waals surface area (Å²) in [4.78, 5) is 27.5. The second kappa shape index (κ2) is 10.9. The van der Waals surface area contributed by atoms with E-state index in [9.17, 15) is 19.2 Å². The molecule has 1 unspecified atom stereocenters. The summed E-state index contributed by atoms with van der Waals surface area (Å²) in [5.41, 5.74) is 7.14. The molecule has 2 N–H and O–H groups in total. The van der Waals surface area contributed by atoms with Gasteiger partial charge in [-0.05, 0) is 23.8 Å². The molecule has 2 heterocycles. The Kier molecular flexibility index (Phi) is 7.43. The molecule has 1 aliphatic heterocycles. The number of benzene rings is 2. The lowest BCUT2D eigenvalue weighted by molar-refractivity contribution is -0.139. The molecule has 0 spiro atoms. The average Bonchev–Trinajstić information content (AvgIpc) is 3.35. The number of hydrogen-bond donors (Lipinski definition) is 1. The number of methoxy groups -OCH3 is 2. The zero-order chi connectivity index (χ0) is 27.4. The highest BCUT2D eigenvalue weighted by atomic mass is 19.1. The molecule has 2 aromatic carbocycles. The molecular weight excluding hydrogens is 493 g/mol. The van der Waals surface area contributed by atoms with Gasteiger partial charge in [0, 0.05) is 19.3 Å². The first-order valence-corrected chi connectivity index (χ1v) is 11.4. The first-order valence-electron chi connectivity index (χ1n) is 11.4. The smallest absolute Gasteiger partial charge is 0.355 e. The summed E-state index contributed by atoms with van der Waals surface area (Å²) in [6.07, 6.45) is 1.60. The number of aromatic nitrogens is 2. The summed E-state index contributed by atoms with van der Waals surface area (Å²) in [6, 6.07) is 16.0. The number of rotatable bonds is 7. The molecule has 1 aliphatic rings. The van der Waals surface area contributed by atoms with Gasteiger partial charge in [0.05, 0.1) is 48.7 Å². The lowest BCUT2D eigenvalue weighted by atomic mass is 9.81. The van der Waals surface area contributed by atoms with Gasteiger partial charge >= 0.3 is 11.9 Å². The predicted octanol–water partition coefficient (Wildman–Crippen LogP) is 3.04. The van der Waals surface area contributed by atoms with Crippen molar-refractivity contribution in [2.45, 2.75) is 12.5 Å². The van der Waals surface area contributed by atoms with E-state index in [2.05, 4.69) is 11.2 Å². The predicted molar refractivity (Wildman–Crippen MR) is 133 cm³/mol. The molecule has 194 valence electrons. The van der Waals surface area contributed by atoms with Crippen molar-refractivity contribution in [1.82, 2.24) is 9.78 Å². The Morgan fingerprint density at radius 2 is 1.82 bits per heavy atom. The van der Waals surface area contributed by atoms with Crippen LogP contribution in [0.25, 0.3) is 0 Å². The summed E-state index contributed by atoms with van der Waals surface area (Å²) < 4.78 is 32.2. The first-order chi connectivity index (χ1) is 18.3. The third kappa shape index (κ3) is 4.67. The summed E-state index contributed by atoms with van der Waals surface area (Å²) in [7, 11) is 4.01. The molecule has 0 aliphatic carbocycles. The van der Waals surface area contributed by atoms with Crippen LogP contribution in [0.2, 0.25) is 0 Å². The van der Waals surface area contributed by atoms with Crippen LogP contribution in [0, 0.1) is 17.1 Å². The van der Waals surface area contributed by atoms with Crippen molar-refractivity contribution in [2.24, 2.45) is 12.8 Å². The minimum absolute atomic E-state index is 0.0225. The molecule has 11 heteroatoms. The van der Waals surface area contributed by atoms with Crippen molar-refractivity contribution < 1.29 is 28.2 Å². The molecule has 0 amide bonds. The van der Waals surface area contributed by atoms with Crippen molar-refractivity contribution in [3.05, 3.63) is 101 Å². The van der Waals surface area contributed by atoms with E-state index in [-0.39, 0.29) is 40.7 Å². The monoisotopic (exact) mass is 517 g/mol. The van der Waals surface area contributed by atoms with Crippen molar-refractivity contribution in [3.8, 4) is 11.8 Å². The van der Waals surface area contributed by atoms with E-state index in [4.69, 9.17) is 19.9 Å². The number of nitrogens with two attached hydrogens (primary N) is 1. The van der Waals surface area contributed by atoms with Gasteiger partial charge in [-0.3, -0.25) is 9.58 Å². The number of carbonyl (C=O) groups excluding carboxylic acids is 2. The second-order valence-corrected chi connectivity index (χ2v) is 8.18. The van der Waals surface area contributed by atoms with E-state index in [1.54, 1.807) is 54.3 Å². The number of allylic oxidation sites excluding steroid dienone is 1. The Morgan fingerprint density at radius 1 is 1.11 bits per heavy atom. The molecule has 0 radical (unpaired) electrons. The molecule has 1 aromatic heterocycles. The van der Waals surface area contributed by atoms with Gasteiger partial charge in [0.1, 0.15) is 29.7 Å². The maximum Gasteiger partial charge on any atom is 0.355 e. The third-order valence-corrected chi connectivity index (χ3v) is 6.07. The Labute approximate surface area is 217 Å². The number of ether oxygens (including phenoxy) is 3. The SMILES string of the molecule is COC(=O)C1=C(C(=O)OC)N(c2cc(F)ccc2OCc2ccnn2C)C(N)=C(C#N)C1c1ccccc1. The fraction of sp³-hybridized carbons (Fsp3) is 0.185. The van der Waals surface area contributed by atoms with Crippen LogP contribution >= 0.6 is 0 Å². The Hall–Kier alpha value is -5.11. The molecule has 0 bridgehead atoms. The Morgan fingerprint density at radius 3 is 2.42 bits per heavy atom. The third-order valence-electron chi connectivity index (χ3n) is 6.07. The second-order valence-electron chi connectivity index (χ2n) is 8.18. The van der Waals surface area contributed by atoms with Gasteiger partial charge in [-0.1, -0.05) is 30.3 Å². The number of halogens is 1. The fourth-order valence-corrected chi connectivity index (χ4v) is 4.25. The molecule has 4 rings (SSSR count). The maximum absolute atomic E-state index is 14.6. The van der Waals surface area contributed by atoms with Crippen molar-refractivity contribution in [1.29, 1.82) is 5.26 Å². The first kappa shape index (κ1) is 26.0. The molecule has 38 heavy (non-hydrogen) atoms. The molecule has 1 atom stereocenters. The molecule has 0 saturated heterocycles. The highest BCUT2D eigenvalue weighted by Gasteiger charge is 2.43. The van der Waals surface area contributed by atoms with E-state index in [1.165, 1.54) is 12.1 Å². The van der Waals surface area contributed by atoms with E-state index in [0.717, 1.165) is 25.2 Å².